The van der Waals surface area contributed by atoms with Crippen molar-refractivity contribution in [3.05, 3.63) is 88.8 Å². The molecular formula is C23H19ClN4O3. The molecule has 2 N–H and O–H groups in total. The Bertz CT molecular complexity index is 1180. The molecule has 0 atom stereocenters. The van der Waals surface area contributed by atoms with Gasteiger partial charge in [0.15, 0.2) is 0 Å². The number of benzene rings is 2. The number of aromatic nitrogens is 1. The zero-order valence-electron chi connectivity index (χ0n) is 16.6. The maximum Gasteiger partial charge on any atom is 0.329 e. The van der Waals surface area contributed by atoms with Crippen molar-refractivity contribution in [1.29, 1.82) is 0 Å². The maximum atomic E-state index is 12.7. The Morgan fingerprint density at radius 2 is 1.81 bits per heavy atom. The Labute approximate surface area is 183 Å². The van der Waals surface area contributed by atoms with Crippen LogP contribution in [0.5, 0.6) is 0 Å². The number of carbonyl (C=O) groups excluding carboxylic acids is 3. The van der Waals surface area contributed by atoms with Gasteiger partial charge < -0.3 is 15.2 Å². The molecule has 1 aliphatic rings. The van der Waals surface area contributed by atoms with E-state index in [2.05, 4.69) is 10.6 Å². The predicted molar refractivity (Wildman–Crippen MR) is 119 cm³/mol. The lowest BCUT2D eigenvalue weighted by atomic mass is 10.2. The Morgan fingerprint density at radius 3 is 2.52 bits per heavy atom. The number of nitrogens with zero attached hydrogens (tertiary/aromatic N) is 2. The molecule has 0 spiro atoms. The van der Waals surface area contributed by atoms with Crippen LogP contribution in [0.2, 0.25) is 5.02 Å². The number of nitrogens with one attached hydrogen (secondary N) is 2. The molecule has 1 aromatic heterocycles. The third kappa shape index (κ3) is 4.51. The molecule has 4 amide bonds. The summed E-state index contributed by atoms with van der Waals surface area (Å²) in [5.74, 6) is -1.04. The highest BCUT2D eigenvalue weighted by Gasteiger charge is 2.35. The van der Waals surface area contributed by atoms with Gasteiger partial charge >= 0.3 is 6.03 Å². The molecule has 4 rings (SSSR count). The number of hydrogen-bond acceptors (Lipinski definition) is 3. The summed E-state index contributed by atoms with van der Waals surface area (Å²) >= 11 is 5.83. The summed E-state index contributed by atoms with van der Waals surface area (Å²) in [6, 6.07) is 17.6. The van der Waals surface area contributed by atoms with Gasteiger partial charge in [0.1, 0.15) is 12.2 Å². The number of aryl methyl sites for hydroxylation is 1. The van der Waals surface area contributed by atoms with Crippen LogP contribution in [-0.4, -0.2) is 33.9 Å². The molecule has 8 heteroatoms. The Balaban J connectivity index is 1.47. The van der Waals surface area contributed by atoms with Gasteiger partial charge in [-0.25, -0.2) is 9.69 Å². The van der Waals surface area contributed by atoms with Gasteiger partial charge in [0, 0.05) is 28.3 Å². The minimum atomic E-state index is -0.637. The van der Waals surface area contributed by atoms with Crippen LogP contribution in [0.25, 0.3) is 11.8 Å². The number of imide groups is 1. The zero-order chi connectivity index (χ0) is 22.0. The Morgan fingerprint density at radius 1 is 1.10 bits per heavy atom. The largest absolute Gasteiger partial charge is 0.329 e. The average Bonchev–Trinajstić information content (AvgIpc) is 3.24. The third-order valence-corrected chi connectivity index (χ3v) is 5.02. The first-order valence-electron chi connectivity index (χ1n) is 9.55. The van der Waals surface area contributed by atoms with Gasteiger partial charge in [0.05, 0.1) is 0 Å². The van der Waals surface area contributed by atoms with Crippen LogP contribution >= 0.6 is 11.6 Å². The lowest BCUT2D eigenvalue weighted by Gasteiger charge is -2.11. The van der Waals surface area contributed by atoms with Crippen molar-refractivity contribution >= 4 is 41.2 Å². The lowest BCUT2D eigenvalue weighted by molar-refractivity contribution is -0.127. The van der Waals surface area contributed by atoms with E-state index < -0.39 is 24.4 Å². The third-order valence-electron chi connectivity index (χ3n) is 4.77. The fourth-order valence-corrected chi connectivity index (χ4v) is 3.43. The standard InChI is InChI=1S/C23H19ClN4O3/c1-15-11-16(13-27(15)19-5-3-2-4-6-19)12-20-22(30)28(23(31)26-20)14-21(29)25-18-9-7-17(24)8-10-18/h2-13H,14H2,1H3,(H,25,29)(H,26,31)/b20-12+. The van der Waals surface area contributed by atoms with Crippen LogP contribution in [0.15, 0.2) is 72.6 Å². The molecule has 7 nitrogen and oxygen atoms in total. The molecule has 2 heterocycles. The van der Waals surface area contributed by atoms with Gasteiger partial charge in [-0.15, -0.1) is 0 Å². The van der Waals surface area contributed by atoms with Gasteiger partial charge in [-0.05, 0) is 61.0 Å². The van der Waals surface area contributed by atoms with E-state index in [1.54, 1.807) is 30.3 Å². The highest BCUT2D eigenvalue weighted by Crippen LogP contribution is 2.20. The Hall–Kier alpha value is -3.84. The number of para-hydroxylation sites is 1. The molecule has 0 saturated carbocycles. The zero-order valence-corrected chi connectivity index (χ0v) is 17.4. The molecule has 1 fully saturated rings. The smallest absolute Gasteiger partial charge is 0.325 e. The van der Waals surface area contributed by atoms with E-state index in [1.165, 1.54) is 0 Å². The van der Waals surface area contributed by atoms with Crippen molar-refractivity contribution in [2.75, 3.05) is 11.9 Å². The van der Waals surface area contributed by atoms with E-state index in [-0.39, 0.29) is 5.70 Å². The first kappa shape index (κ1) is 20.4. The van der Waals surface area contributed by atoms with E-state index in [4.69, 9.17) is 11.6 Å². The molecular weight excluding hydrogens is 416 g/mol. The second-order valence-electron chi connectivity index (χ2n) is 7.05. The normalized spacial score (nSPS) is 14.8. The van der Waals surface area contributed by atoms with E-state index in [1.807, 2.05) is 54.1 Å². The van der Waals surface area contributed by atoms with E-state index >= 15 is 0 Å². The van der Waals surface area contributed by atoms with Gasteiger partial charge in [0.25, 0.3) is 5.91 Å². The molecule has 3 aromatic rings. The number of hydrogen-bond donors (Lipinski definition) is 2. The highest BCUT2D eigenvalue weighted by atomic mass is 35.5. The molecule has 156 valence electrons. The SMILES string of the molecule is Cc1cc(/C=C2/NC(=O)N(CC(=O)Nc3ccc(Cl)cc3)C2=O)cn1-c1ccccc1. The summed E-state index contributed by atoms with van der Waals surface area (Å²) in [4.78, 5) is 38.1. The van der Waals surface area contributed by atoms with Crippen molar-refractivity contribution in [3.8, 4) is 5.69 Å². The minimum absolute atomic E-state index is 0.120. The molecule has 1 aliphatic heterocycles. The minimum Gasteiger partial charge on any atom is -0.325 e. The summed E-state index contributed by atoms with van der Waals surface area (Å²) in [7, 11) is 0. The maximum absolute atomic E-state index is 12.7. The monoisotopic (exact) mass is 434 g/mol. The highest BCUT2D eigenvalue weighted by molar-refractivity contribution is 6.30. The van der Waals surface area contributed by atoms with Gasteiger partial charge in [0.2, 0.25) is 5.91 Å². The lowest BCUT2D eigenvalue weighted by Crippen LogP contribution is -2.38. The number of rotatable bonds is 5. The molecule has 0 unspecified atom stereocenters. The van der Waals surface area contributed by atoms with Crippen LogP contribution in [0, 0.1) is 6.92 Å². The fourth-order valence-electron chi connectivity index (χ4n) is 3.30. The van der Waals surface area contributed by atoms with Crippen LogP contribution in [0.1, 0.15) is 11.3 Å². The van der Waals surface area contributed by atoms with Gasteiger partial charge in [-0.3, -0.25) is 9.59 Å². The molecule has 0 radical (unpaired) electrons. The van der Waals surface area contributed by atoms with E-state index in [0.717, 1.165) is 21.8 Å². The summed E-state index contributed by atoms with van der Waals surface area (Å²) in [5.41, 5.74) is 3.38. The molecule has 0 bridgehead atoms. The first-order chi connectivity index (χ1) is 14.9. The predicted octanol–water partition coefficient (Wildman–Crippen LogP) is 3.97. The number of amides is 4. The number of urea groups is 1. The van der Waals surface area contributed by atoms with Crippen molar-refractivity contribution in [3.63, 3.8) is 0 Å². The van der Waals surface area contributed by atoms with Crippen molar-refractivity contribution < 1.29 is 14.4 Å². The summed E-state index contributed by atoms with van der Waals surface area (Å²) in [6.45, 7) is 1.56. The topological polar surface area (TPSA) is 83.4 Å². The van der Waals surface area contributed by atoms with Gasteiger partial charge in [-0.1, -0.05) is 29.8 Å². The molecule has 1 saturated heterocycles. The van der Waals surface area contributed by atoms with Crippen molar-refractivity contribution in [1.82, 2.24) is 14.8 Å². The summed E-state index contributed by atoms with van der Waals surface area (Å²) < 4.78 is 1.99. The van der Waals surface area contributed by atoms with Crippen molar-refractivity contribution in [2.45, 2.75) is 6.92 Å². The van der Waals surface area contributed by atoms with Gasteiger partial charge in [-0.2, -0.15) is 0 Å². The second kappa shape index (κ2) is 8.49. The molecule has 31 heavy (non-hydrogen) atoms. The summed E-state index contributed by atoms with van der Waals surface area (Å²) in [6.07, 6.45) is 3.48. The van der Waals surface area contributed by atoms with Crippen LogP contribution in [0.4, 0.5) is 10.5 Å². The quantitative estimate of drug-likeness (QED) is 0.470. The van der Waals surface area contributed by atoms with Crippen molar-refractivity contribution in [2.24, 2.45) is 0 Å². The second-order valence-corrected chi connectivity index (χ2v) is 7.49. The molecule has 0 aliphatic carbocycles. The average molecular weight is 435 g/mol. The van der Waals surface area contributed by atoms with Crippen LogP contribution in [-0.2, 0) is 9.59 Å². The first-order valence-corrected chi connectivity index (χ1v) is 9.93. The van der Waals surface area contributed by atoms with Crippen LogP contribution in [0.3, 0.4) is 0 Å². The Kier molecular flexibility index (Phi) is 5.60. The fraction of sp³-hybridized carbons (Fsp3) is 0.0870. The molecule has 2 aromatic carbocycles. The van der Waals surface area contributed by atoms with E-state index in [9.17, 15) is 14.4 Å². The number of anilines is 1. The number of carbonyl (C=O) groups is 3. The summed E-state index contributed by atoms with van der Waals surface area (Å²) in [5, 5.41) is 5.72. The van der Waals surface area contributed by atoms with Crippen LogP contribution < -0.4 is 10.6 Å². The number of halogens is 1. The van der Waals surface area contributed by atoms with E-state index in [0.29, 0.717) is 10.7 Å².